The number of halogens is 1. The monoisotopic (exact) mass is 283 g/mol. The molecule has 0 saturated heterocycles. The summed E-state index contributed by atoms with van der Waals surface area (Å²) >= 11 is 0. The fourth-order valence-electron chi connectivity index (χ4n) is 1.72. The van der Waals surface area contributed by atoms with Crippen molar-refractivity contribution in [2.75, 3.05) is 5.32 Å². The minimum Gasteiger partial charge on any atom is -0.317 e. The van der Waals surface area contributed by atoms with Crippen LogP contribution in [-0.2, 0) is 0 Å². The Hall–Kier alpha value is -3.09. The zero-order valence-corrected chi connectivity index (χ0v) is 10.8. The number of carbonyl (C=O) groups excluding carboxylic acids is 1. The van der Waals surface area contributed by atoms with E-state index in [9.17, 15) is 9.18 Å². The molecule has 0 bridgehead atoms. The molecule has 0 aliphatic rings. The number of rotatable bonds is 3. The highest BCUT2D eigenvalue weighted by molar-refractivity contribution is 6.01. The van der Waals surface area contributed by atoms with Gasteiger partial charge in [-0.05, 0) is 29.5 Å². The fourth-order valence-corrected chi connectivity index (χ4v) is 1.72. The average molecular weight is 283 g/mol. The van der Waals surface area contributed by atoms with E-state index in [1.165, 1.54) is 23.0 Å². The average Bonchev–Trinajstić information content (AvgIpc) is 3.00. The van der Waals surface area contributed by atoms with Crippen molar-refractivity contribution in [3.05, 3.63) is 66.2 Å². The number of anilines is 1. The summed E-state index contributed by atoms with van der Waals surface area (Å²) in [6.07, 6.45) is 0. The Kier molecular flexibility index (Phi) is 3.38. The summed E-state index contributed by atoms with van der Waals surface area (Å²) in [6.45, 7) is 0. The standard InChI is InChI=1S/C14H10FN5O/c15-11-8-4-5-9-12(11)16-14(21)13-17-19-20(18-13)10-6-2-1-3-7-10/h1-9H,(H,16,21). The first kappa shape index (κ1) is 12.9. The SMILES string of the molecule is O=C(Nc1ccccc1F)c1nnn(-c2ccccc2)n1. The third-order valence-electron chi connectivity index (χ3n) is 2.73. The molecule has 1 N–H and O–H groups in total. The maximum absolute atomic E-state index is 13.5. The van der Waals surface area contributed by atoms with Crippen molar-refractivity contribution in [3.8, 4) is 5.69 Å². The van der Waals surface area contributed by atoms with Gasteiger partial charge in [0.1, 0.15) is 5.82 Å². The molecular formula is C14H10FN5O. The van der Waals surface area contributed by atoms with Crippen LogP contribution in [0.1, 0.15) is 10.6 Å². The van der Waals surface area contributed by atoms with E-state index in [2.05, 4.69) is 20.7 Å². The summed E-state index contributed by atoms with van der Waals surface area (Å²) in [6, 6.07) is 14.9. The van der Waals surface area contributed by atoms with E-state index in [0.717, 1.165) is 0 Å². The van der Waals surface area contributed by atoms with E-state index in [-0.39, 0.29) is 11.5 Å². The van der Waals surface area contributed by atoms with Crippen molar-refractivity contribution in [3.63, 3.8) is 0 Å². The predicted molar refractivity (Wildman–Crippen MR) is 73.5 cm³/mol. The molecule has 104 valence electrons. The summed E-state index contributed by atoms with van der Waals surface area (Å²) in [5, 5.41) is 13.8. The van der Waals surface area contributed by atoms with Crippen LogP contribution in [0.25, 0.3) is 5.69 Å². The molecule has 3 aromatic rings. The van der Waals surface area contributed by atoms with E-state index in [1.807, 2.05) is 18.2 Å². The molecule has 0 unspecified atom stereocenters. The van der Waals surface area contributed by atoms with Gasteiger partial charge in [0.2, 0.25) is 0 Å². The van der Waals surface area contributed by atoms with Crippen LogP contribution in [0.2, 0.25) is 0 Å². The first-order valence-electron chi connectivity index (χ1n) is 6.15. The lowest BCUT2D eigenvalue weighted by Gasteiger charge is -2.02. The Morgan fingerprint density at radius 3 is 2.52 bits per heavy atom. The molecule has 7 heteroatoms. The first-order valence-corrected chi connectivity index (χ1v) is 6.15. The minimum absolute atomic E-state index is 0.0681. The number of tetrazole rings is 1. The van der Waals surface area contributed by atoms with Gasteiger partial charge in [-0.1, -0.05) is 30.3 Å². The lowest BCUT2D eigenvalue weighted by Crippen LogP contribution is -2.15. The molecule has 0 aliphatic carbocycles. The smallest absolute Gasteiger partial charge is 0.297 e. The van der Waals surface area contributed by atoms with Crippen molar-refractivity contribution in [1.82, 2.24) is 20.2 Å². The Morgan fingerprint density at radius 1 is 1.05 bits per heavy atom. The van der Waals surface area contributed by atoms with Crippen molar-refractivity contribution in [2.45, 2.75) is 0 Å². The molecule has 3 rings (SSSR count). The van der Waals surface area contributed by atoms with Crippen LogP contribution < -0.4 is 5.32 Å². The molecule has 1 aromatic heterocycles. The number of nitrogens with zero attached hydrogens (tertiary/aromatic N) is 4. The number of amides is 1. The Morgan fingerprint density at radius 2 is 1.76 bits per heavy atom. The number of hydrogen-bond acceptors (Lipinski definition) is 4. The molecule has 0 radical (unpaired) electrons. The molecule has 0 spiro atoms. The van der Waals surface area contributed by atoms with Gasteiger partial charge in [0, 0.05) is 0 Å². The third kappa shape index (κ3) is 2.76. The number of carbonyl (C=O) groups is 1. The molecular weight excluding hydrogens is 273 g/mol. The van der Waals surface area contributed by atoms with Crippen molar-refractivity contribution >= 4 is 11.6 Å². The Bertz CT molecular complexity index is 772. The summed E-state index contributed by atoms with van der Waals surface area (Å²) in [5.41, 5.74) is 0.744. The third-order valence-corrected chi connectivity index (χ3v) is 2.73. The maximum Gasteiger partial charge on any atom is 0.297 e. The maximum atomic E-state index is 13.5. The van der Waals surface area contributed by atoms with Crippen molar-refractivity contribution in [1.29, 1.82) is 0 Å². The van der Waals surface area contributed by atoms with Gasteiger partial charge in [-0.2, -0.15) is 0 Å². The van der Waals surface area contributed by atoms with Gasteiger partial charge >= 0.3 is 0 Å². The molecule has 0 aliphatic heterocycles. The minimum atomic E-state index is -0.623. The zero-order chi connectivity index (χ0) is 14.7. The topological polar surface area (TPSA) is 72.7 Å². The van der Waals surface area contributed by atoms with Crippen molar-refractivity contribution < 1.29 is 9.18 Å². The lowest BCUT2D eigenvalue weighted by molar-refractivity contribution is 0.101. The molecule has 0 saturated carbocycles. The second-order valence-corrected chi connectivity index (χ2v) is 4.17. The normalized spacial score (nSPS) is 10.3. The zero-order valence-electron chi connectivity index (χ0n) is 10.8. The summed E-state index contributed by atoms with van der Waals surface area (Å²) in [7, 11) is 0. The van der Waals surface area contributed by atoms with Crippen LogP contribution in [0, 0.1) is 5.82 Å². The number of nitrogens with one attached hydrogen (secondary N) is 1. The largest absolute Gasteiger partial charge is 0.317 e. The van der Waals surface area contributed by atoms with Crippen LogP contribution >= 0.6 is 0 Å². The van der Waals surface area contributed by atoms with Gasteiger partial charge in [0.05, 0.1) is 11.4 Å². The number of aromatic nitrogens is 4. The highest BCUT2D eigenvalue weighted by Crippen LogP contribution is 2.13. The van der Waals surface area contributed by atoms with Gasteiger partial charge in [-0.25, -0.2) is 4.39 Å². The van der Waals surface area contributed by atoms with E-state index >= 15 is 0 Å². The van der Waals surface area contributed by atoms with Crippen LogP contribution in [0.4, 0.5) is 10.1 Å². The van der Waals surface area contributed by atoms with Gasteiger partial charge in [-0.3, -0.25) is 4.79 Å². The highest BCUT2D eigenvalue weighted by atomic mass is 19.1. The van der Waals surface area contributed by atoms with E-state index in [4.69, 9.17) is 0 Å². The number of benzene rings is 2. The number of hydrogen-bond donors (Lipinski definition) is 1. The molecule has 21 heavy (non-hydrogen) atoms. The number of para-hydroxylation sites is 2. The van der Waals surface area contributed by atoms with Crippen LogP contribution in [0.5, 0.6) is 0 Å². The second-order valence-electron chi connectivity index (χ2n) is 4.17. The van der Waals surface area contributed by atoms with Crippen LogP contribution in [0.15, 0.2) is 54.6 Å². The molecule has 6 nitrogen and oxygen atoms in total. The van der Waals surface area contributed by atoms with Gasteiger partial charge in [0.25, 0.3) is 11.7 Å². The molecule has 1 amide bonds. The first-order chi connectivity index (χ1) is 10.2. The molecule has 1 heterocycles. The van der Waals surface area contributed by atoms with E-state index in [1.54, 1.807) is 18.2 Å². The summed E-state index contributed by atoms with van der Waals surface area (Å²) in [5.74, 6) is -1.29. The van der Waals surface area contributed by atoms with Gasteiger partial charge in [-0.15, -0.1) is 15.0 Å². The highest BCUT2D eigenvalue weighted by Gasteiger charge is 2.15. The van der Waals surface area contributed by atoms with Crippen LogP contribution in [-0.4, -0.2) is 26.1 Å². The van der Waals surface area contributed by atoms with Crippen LogP contribution in [0.3, 0.4) is 0 Å². The second kappa shape index (κ2) is 5.49. The van der Waals surface area contributed by atoms with Gasteiger partial charge < -0.3 is 5.32 Å². The Balaban J connectivity index is 1.80. The summed E-state index contributed by atoms with van der Waals surface area (Å²) in [4.78, 5) is 13.2. The van der Waals surface area contributed by atoms with E-state index in [0.29, 0.717) is 5.69 Å². The fraction of sp³-hybridized carbons (Fsp3) is 0. The molecule has 0 fully saturated rings. The summed E-state index contributed by atoms with van der Waals surface area (Å²) < 4.78 is 13.5. The van der Waals surface area contributed by atoms with E-state index < -0.39 is 11.7 Å². The molecule has 2 aromatic carbocycles. The quantitative estimate of drug-likeness (QED) is 0.798. The van der Waals surface area contributed by atoms with Gasteiger partial charge in [0.15, 0.2) is 0 Å². The Labute approximate surface area is 119 Å². The molecule has 0 atom stereocenters. The lowest BCUT2D eigenvalue weighted by atomic mass is 10.3. The van der Waals surface area contributed by atoms with Crippen molar-refractivity contribution in [2.24, 2.45) is 0 Å². The predicted octanol–water partition coefficient (Wildman–Crippen LogP) is 2.05.